The van der Waals surface area contributed by atoms with Crippen LogP contribution >= 0.6 is 23.2 Å². The Morgan fingerprint density at radius 1 is 1.53 bits per heavy atom. The number of aromatic nitrogens is 2. The van der Waals surface area contributed by atoms with Crippen molar-refractivity contribution in [3.05, 3.63) is 16.5 Å². The minimum Gasteiger partial charge on any atom is -0.317 e. The van der Waals surface area contributed by atoms with E-state index in [0.29, 0.717) is 18.8 Å². The zero-order valence-corrected chi connectivity index (χ0v) is 12.1. The highest BCUT2D eigenvalue weighted by Gasteiger charge is 2.38. The highest BCUT2D eigenvalue weighted by atomic mass is 35.5. The number of hydrogen-bond acceptors (Lipinski definition) is 4. The van der Waals surface area contributed by atoms with Crippen LogP contribution in [0.3, 0.4) is 0 Å². The van der Waals surface area contributed by atoms with Crippen LogP contribution in [-0.4, -0.2) is 21.4 Å². The monoisotopic (exact) mass is 302 g/mol. The maximum absolute atomic E-state index is 12.3. The Morgan fingerprint density at radius 3 is 2.89 bits per heavy atom. The lowest BCUT2D eigenvalue weighted by molar-refractivity contribution is -0.122. The molecular weight excluding hydrogens is 287 g/mol. The van der Waals surface area contributed by atoms with Crippen LogP contribution in [0.4, 0.5) is 5.82 Å². The van der Waals surface area contributed by atoms with Crippen molar-refractivity contribution in [1.29, 1.82) is 0 Å². The molecule has 3 N–H and O–H groups in total. The highest BCUT2D eigenvalue weighted by molar-refractivity contribution is 6.32. The first-order chi connectivity index (χ1) is 8.89. The summed E-state index contributed by atoms with van der Waals surface area (Å²) in [5.74, 6) is 0.477. The first-order valence-corrected chi connectivity index (χ1v) is 6.95. The Morgan fingerprint density at radius 2 is 2.26 bits per heavy atom. The normalized spacial score (nSPS) is 27.1. The summed E-state index contributed by atoms with van der Waals surface area (Å²) in [5.41, 5.74) is 5.35. The molecule has 1 aliphatic rings. The van der Waals surface area contributed by atoms with Gasteiger partial charge in [0.1, 0.15) is 11.0 Å². The van der Waals surface area contributed by atoms with Gasteiger partial charge in [0.15, 0.2) is 0 Å². The number of nitrogens with one attached hydrogen (secondary N) is 1. The molecule has 0 bridgehead atoms. The van der Waals surface area contributed by atoms with Crippen LogP contribution in [0.1, 0.15) is 32.6 Å². The topological polar surface area (TPSA) is 80.9 Å². The summed E-state index contributed by atoms with van der Waals surface area (Å²) in [7, 11) is 0. The average molecular weight is 303 g/mol. The summed E-state index contributed by atoms with van der Waals surface area (Å²) in [4.78, 5) is 19.9. The molecule has 1 fully saturated rings. The van der Waals surface area contributed by atoms with Gasteiger partial charge in [-0.05, 0) is 30.4 Å². The molecular formula is C12H16Cl2N4O. The van der Waals surface area contributed by atoms with Gasteiger partial charge < -0.3 is 11.1 Å². The molecule has 0 aromatic carbocycles. The standard InChI is InChI=1S/C12H16Cl2N4O/c1-7-3-2-4-12(15,6-7)10(19)17-9-5-8(13)16-11(14)18-9/h5,7H,2-4,6,15H2,1H3,(H,16,17,18,19). The lowest BCUT2D eigenvalue weighted by Gasteiger charge is -2.35. The van der Waals surface area contributed by atoms with E-state index < -0.39 is 5.54 Å². The van der Waals surface area contributed by atoms with E-state index >= 15 is 0 Å². The fourth-order valence-corrected chi connectivity index (χ4v) is 2.90. The summed E-state index contributed by atoms with van der Waals surface area (Å²) in [6.07, 6.45) is 3.41. The maximum Gasteiger partial charge on any atom is 0.245 e. The van der Waals surface area contributed by atoms with E-state index in [2.05, 4.69) is 22.2 Å². The molecule has 1 amide bonds. The lowest BCUT2D eigenvalue weighted by atomic mass is 9.76. The van der Waals surface area contributed by atoms with Crippen LogP contribution in [0.25, 0.3) is 0 Å². The van der Waals surface area contributed by atoms with Gasteiger partial charge in [0.2, 0.25) is 11.2 Å². The molecule has 0 aliphatic heterocycles. The SMILES string of the molecule is CC1CCCC(N)(C(=O)Nc2cc(Cl)nc(Cl)n2)C1. The van der Waals surface area contributed by atoms with Crippen molar-refractivity contribution in [2.24, 2.45) is 11.7 Å². The number of amides is 1. The van der Waals surface area contributed by atoms with Gasteiger partial charge in [0.05, 0.1) is 5.54 Å². The van der Waals surface area contributed by atoms with E-state index in [-0.39, 0.29) is 22.2 Å². The fourth-order valence-electron chi connectivity index (χ4n) is 2.49. The Labute approximate surface area is 121 Å². The minimum atomic E-state index is -0.846. The quantitative estimate of drug-likeness (QED) is 0.650. The first-order valence-electron chi connectivity index (χ1n) is 6.19. The van der Waals surface area contributed by atoms with Crippen LogP contribution in [-0.2, 0) is 4.79 Å². The van der Waals surface area contributed by atoms with Gasteiger partial charge in [0.25, 0.3) is 0 Å². The van der Waals surface area contributed by atoms with E-state index in [9.17, 15) is 4.79 Å². The second kappa shape index (κ2) is 5.61. The molecule has 1 aromatic rings. The second-order valence-corrected chi connectivity index (χ2v) is 5.88. The Kier molecular flexibility index (Phi) is 4.28. The van der Waals surface area contributed by atoms with Gasteiger partial charge in [0, 0.05) is 6.07 Å². The molecule has 2 unspecified atom stereocenters. The van der Waals surface area contributed by atoms with Crippen LogP contribution in [0.15, 0.2) is 6.07 Å². The average Bonchev–Trinajstić information content (AvgIpc) is 2.26. The third-order valence-electron chi connectivity index (χ3n) is 3.39. The number of anilines is 1. The van der Waals surface area contributed by atoms with Gasteiger partial charge in [-0.25, -0.2) is 9.97 Å². The van der Waals surface area contributed by atoms with Crippen molar-refractivity contribution in [3.63, 3.8) is 0 Å². The summed E-state index contributed by atoms with van der Waals surface area (Å²) < 4.78 is 0. The summed E-state index contributed by atoms with van der Waals surface area (Å²) in [6, 6.07) is 1.45. The molecule has 2 rings (SSSR count). The predicted molar refractivity (Wildman–Crippen MR) is 75.2 cm³/mol. The minimum absolute atomic E-state index is 0.00844. The van der Waals surface area contributed by atoms with Gasteiger partial charge in [-0.1, -0.05) is 31.4 Å². The first kappa shape index (κ1) is 14.5. The van der Waals surface area contributed by atoms with Crippen molar-refractivity contribution in [3.8, 4) is 0 Å². The van der Waals surface area contributed by atoms with Gasteiger partial charge in [-0.15, -0.1) is 0 Å². The van der Waals surface area contributed by atoms with Gasteiger partial charge >= 0.3 is 0 Å². The molecule has 1 aliphatic carbocycles. The Bertz CT molecular complexity index is 476. The van der Waals surface area contributed by atoms with Gasteiger partial charge in [-0.3, -0.25) is 4.79 Å². The van der Waals surface area contributed by atoms with E-state index in [0.717, 1.165) is 12.8 Å². The maximum atomic E-state index is 12.3. The van der Waals surface area contributed by atoms with Crippen LogP contribution in [0.5, 0.6) is 0 Å². The van der Waals surface area contributed by atoms with Crippen molar-refractivity contribution in [1.82, 2.24) is 9.97 Å². The summed E-state index contributed by atoms with van der Waals surface area (Å²) in [5, 5.41) is 2.84. The fraction of sp³-hybridized carbons (Fsp3) is 0.583. The van der Waals surface area contributed by atoms with E-state index in [1.54, 1.807) is 0 Å². The van der Waals surface area contributed by atoms with Crippen molar-refractivity contribution < 1.29 is 4.79 Å². The molecule has 19 heavy (non-hydrogen) atoms. The number of halogens is 2. The van der Waals surface area contributed by atoms with Crippen molar-refractivity contribution >= 4 is 34.9 Å². The molecule has 1 saturated carbocycles. The third-order valence-corrected chi connectivity index (χ3v) is 3.76. The molecule has 0 spiro atoms. The summed E-state index contributed by atoms with van der Waals surface area (Å²) in [6.45, 7) is 2.10. The number of nitrogens with zero attached hydrogens (tertiary/aromatic N) is 2. The number of hydrogen-bond donors (Lipinski definition) is 2. The van der Waals surface area contributed by atoms with Crippen molar-refractivity contribution in [2.45, 2.75) is 38.1 Å². The molecule has 7 heteroatoms. The molecule has 0 radical (unpaired) electrons. The van der Waals surface area contributed by atoms with Crippen LogP contribution in [0, 0.1) is 5.92 Å². The number of rotatable bonds is 2. The third kappa shape index (κ3) is 3.55. The zero-order valence-electron chi connectivity index (χ0n) is 10.6. The Hall–Kier alpha value is -0.910. The summed E-state index contributed by atoms with van der Waals surface area (Å²) >= 11 is 11.4. The zero-order chi connectivity index (χ0) is 14.0. The molecule has 1 heterocycles. The van der Waals surface area contributed by atoms with Gasteiger partial charge in [-0.2, -0.15) is 0 Å². The highest BCUT2D eigenvalue weighted by Crippen LogP contribution is 2.31. The molecule has 2 atom stereocenters. The number of carbonyl (C=O) groups is 1. The van der Waals surface area contributed by atoms with E-state index in [4.69, 9.17) is 28.9 Å². The van der Waals surface area contributed by atoms with E-state index in [1.807, 2.05) is 0 Å². The van der Waals surface area contributed by atoms with Crippen LogP contribution in [0.2, 0.25) is 10.4 Å². The van der Waals surface area contributed by atoms with E-state index in [1.165, 1.54) is 6.07 Å². The number of carbonyl (C=O) groups excluding carboxylic acids is 1. The number of nitrogens with two attached hydrogens (primary N) is 1. The smallest absolute Gasteiger partial charge is 0.245 e. The lowest BCUT2D eigenvalue weighted by Crippen LogP contribution is -2.53. The van der Waals surface area contributed by atoms with Crippen molar-refractivity contribution in [2.75, 3.05) is 5.32 Å². The molecule has 1 aromatic heterocycles. The van der Waals surface area contributed by atoms with Crippen LogP contribution < -0.4 is 11.1 Å². The second-order valence-electron chi connectivity index (χ2n) is 5.16. The molecule has 104 valence electrons. The Balaban J connectivity index is 2.11. The molecule has 5 nitrogen and oxygen atoms in total. The molecule has 0 saturated heterocycles. The largest absolute Gasteiger partial charge is 0.317 e. The predicted octanol–water partition coefficient (Wildman–Crippen LogP) is 2.63.